The first-order chi connectivity index (χ1) is 10.9. The summed E-state index contributed by atoms with van der Waals surface area (Å²) in [6.45, 7) is 0. The summed E-state index contributed by atoms with van der Waals surface area (Å²) in [5, 5.41) is 4.04. The summed E-state index contributed by atoms with van der Waals surface area (Å²) in [7, 11) is 0. The summed E-state index contributed by atoms with van der Waals surface area (Å²) in [6.07, 6.45) is -1.12. The molecule has 7 heteroatoms. The van der Waals surface area contributed by atoms with E-state index in [4.69, 9.17) is 0 Å². The maximum Gasteiger partial charge on any atom is 0.416 e. The van der Waals surface area contributed by atoms with Crippen molar-refractivity contribution in [2.45, 2.75) is 24.9 Å². The molecule has 2 aromatic heterocycles. The van der Waals surface area contributed by atoms with Crippen molar-refractivity contribution in [2.24, 2.45) is 0 Å². The van der Waals surface area contributed by atoms with Crippen molar-refractivity contribution < 1.29 is 17.6 Å². The summed E-state index contributed by atoms with van der Waals surface area (Å²) >= 11 is 0. The smallest absolute Gasteiger partial charge is 0.215 e. The molecule has 1 fully saturated rings. The molecule has 0 saturated heterocycles. The SMILES string of the molecule is Fc1cc(C(F)(F)F)ccc1-c1cc(C2CC2)cc2ncnn12. The lowest BCUT2D eigenvalue weighted by Crippen LogP contribution is -2.06. The number of pyridine rings is 1. The molecule has 0 radical (unpaired) electrons. The first-order valence-electron chi connectivity index (χ1n) is 7.14. The lowest BCUT2D eigenvalue weighted by atomic mass is 10.0. The van der Waals surface area contributed by atoms with E-state index in [9.17, 15) is 17.6 Å². The zero-order valence-corrected chi connectivity index (χ0v) is 11.8. The predicted octanol–water partition coefficient (Wildman–Crippen LogP) is 4.43. The molecule has 1 aliphatic carbocycles. The van der Waals surface area contributed by atoms with Crippen LogP contribution in [0.5, 0.6) is 0 Å². The van der Waals surface area contributed by atoms with Gasteiger partial charge < -0.3 is 0 Å². The van der Waals surface area contributed by atoms with E-state index in [0.717, 1.165) is 30.5 Å². The van der Waals surface area contributed by atoms with Crippen LogP contribution in [0.15, 0.2) is 36.7 Å². The average Bonchev–Trinajstić information content (AvgIpc) is 3.23. The fourth-order valence-corrected chi connectivity index (χ4v) is 2.69. The standard InChI is InChI=1S/C16H11F4N3/c17-13-7-11(16(18,19)20)3-4-12(13)14-5-10(9-1-2-9)6-15-21-8-22-23(14)15/h3-9H,1-2H2. The molecule has 0 bridgehead atoms. The van der Waals surface area contributed by atoms with Gasteiger partial charge in [-0.2, -0.15) is 18.3 Å². The Kier molecular flexibility index (Phi) is 2.94. The van der Waals surface area contributed by atoms with Gasteiger partial charge >= 0.3 is 6.18 Å². The Labute approximate surface area is 128 Å². The van der Waals surface area contributed by atoms with Crippen molar-refractivity contribution in [3.8, 4) is 11.3 Å². The third-order valence-corrected chi connectivity index (χ3v) is 4.02. The monoisotopic (exact) mass is 321 g/mol. The first-order valence-corrected chi connectivity index (χ1v) is 7.14. The van der Waals surface area contributed by atoms with Crippen LogP contribution >= 0.6 is 0 Å². The number of rotatable bonds is 2. The first kappa shape index (κ1) is 14.2. The van der Waals surface area contributed by atoms with Crippen LogP contribution in [0, 0.1) is 5.82 Å². The normalized spacial score (nSPS) is 15.3. The number of hydrogen-bond donors (Lipinski definition) is 0. The molecule has 3 aromatic rings. The van der Waals surface area contributed by atoms with Gasteiger partial charge in [0.05, 0.1) is 11.3 Å². The fourth-order valence-electron chi connectivity index (χ4n) is 2.69. The van der Waals surface area contributed by atoms with Crippen molar-refractivity contribution in [2.75, 3.05) is 0 Å². The van der Waals surface area contributed by atoms with Crippen LogP contribution in [-0.2, 0) is 6.18 Å². The Hall–Kier alpha value is -2.44. The minimum Gasteiger partial charge on any atom is -0.215 e. The van der Waals surface area contributed by atoms with E-state index in [1.165, 1.54) is 10.8 Å². The number of alkyl halides is 3. The Morgan fingerprint density at radius 3 is 2.52 bits per heavy atom. The van der Waals surface area contributed by atoms with Crippen molar-refractivity contribution in [1.29, 1.82) is 0 Å². The Bertz CT molecular complexity index is 894. The summed E-state index contributed by atoms with van der Waals surface area (Å²) in [5.74, 6) is -0.516. The van der Waals surface area contributed by atoms with Gasteiger partial charge in [0.15, 0.2) is 5.65 Å². The van der Waals surface area contributed by atoms with Crippen LogP contribution in [0.25, 0.3) is 16.9 Å². The Morgan fingerprint density at radius 1 is 1.09 bits per heavy atom. The molecule has 1 aromatic carbocycles. The van der Waals surface area contributed by atoms with Crippen LogP contribution in [0.3, 0.4) is 0 Å². The summed E-state index contributed by atoms with van der Waals surface area (Å²) in [6, 6.07) is 6.21. The van der Waals surface area contributed by atoms with Crippen molar-refractivity contribution >= 4 is 5.65 Å². The molecule has 3 nitrogen and oxygen atoms in total. The molecule has 0 unspecified atom stereocenters. The van der Waals surface area contributed by atoms with Gasteiger partial charge in [-0.1, -0.05) is 0 Å². The Balaban J connectivity index is 1.90. The second-order valence-electron chi connectivity index (χ2n) is 5.67. The van der Waals surface area contributed by atoms with E-state index < -0.39 is 17.6 Å². The van der Waals surface area contributed by atoms with Gasteiger partial charge in [0.1, 0.15) is 12.1 Å². The highest BCUT2D eigenvalue weighted by atomic mass is 19.4. The highest BCUT2D eigenvalue weighted by molar-refractivity contribution is 5.66. The fraction of sp³-hybridized carbons (Fsp3) is 0.250. The number of nitrogens with zero attached hydrogens (tertiary/aromatic N) is 3. The summed E-state index contributed by atoms with van der Waals surface area (Å²) < 4.78 is 53.8. The van der Waals surface area contributed by atoms with Crippen LogP contribution < -0.4 is 0 Å². The number of fused-ring (bicyclic) bond motifs is 1. The second kappa shape index (κ2) is 4.78. The van der Waals surface area contributed by atoms with Crippen molar-refractivity contribution in [3.05, 3.63) is 53.6 Å². The topological polar surface area (TPSA) is 30.2 Å². The molecule has 118 valence electrons. The van der Waals surface area contributed by atoms with Crippen LogP contribution in [-0.4, -0.2) is 14.6 Å². The lowest BCUT2D eigenvalue weighted by molar-refractivity contribution is -0.137. The zero-order chi connectivity index (χ0) is 16.2. The number of halogens is 4. The molecule has 0 N–H and O–H groups in total. The van der Waals surface area contributed by atoms with Crippen molar-refractivity contribution in [3.63, 3.8) is 0 Å². The third-order valence-electron chi connectivity index (χ3n) is 4.02. The average molecular weight is 321 g/mol. The van der Waals surface area contributed by atoms with Crippen molar-refractivity contribution in [1.82, 2.24) is 14.6 Å². The van der Waals surface area contributed by atoms with Gasteiger partial charge in [-0.15, -0.1) is 0 Å². The minimum absolute atomic E-state index is 0.0796. The highest BCUT2D eigenvalue weighted by Gasteiger charge is 2.32. The van der Waals surface area contributed by atoms with E-state index in [1.807, 2.05) is 6.07 Å². The number of aromatic nitrogens is 3. The summed E-state index contributed by atoms with van der Waals surface area (Å²) in [5.41, 5.74) is 1.06. The van der Waals surface area contributed by atoms with Gasteiger partial charge in [0.2, 0.25) is 0 Å². The molecular formula is C16H11F4N3. The molecule has 0 amide bonds. The molecule has 2 heterocycles. The predicted molar refractivity (Wildman–Crippen MR) is 75.4 cm³/mol. The number of hydrogen-bond acceptors (Lipinski definition) is 2. The number of benzene rings is 1. The molecular weight excluding hydrogens is 310 g/mol. The maximum absolute atomic E-state index is 14.3. The van der Waals surface area contributed by atoms with E-state index in [-0.39, 0.29) is 5.56 Å². The molecule has 4 rings (SSSR count). The maximum atomic E-state index is 14.3. The van der Waals surface area contributed by atoms with Gasteiger partial charge in [0, 0.05) is 5.56 Å². The van der Waals surface area contributed by atoms with Crippen LogP contribution in [0.1, 0.15) is 29.9 Å². The van der Waals surface area contributed by atoms with E-state index in [1.54, 1.807) is 6.07 Å². The molecule has 0 atom stereocenters. The largest absolute Gasteiger partial charge is 0.416 e. The highest BCUT2D eigenvalue weighted by Crippen LogP contribution is 2.42. The molecule has 1 aliphatic rings. The van der Waals surface area contributed by atoms with E-state index in [0.29, 0.717) is 23.3 Å². The van der Waals surface area contributed by atoms with Gasteiger partial charge in [-0.05, 0) is 54.7 Å². The lowest BCUT2D eigenvalue weighted by Gasteiger charge is -2.11. The molecule has 23 heavy (non-hydrogen) atoms. The molecule has 0 aliphatic heterocycles. The van der Waals surface area contributed by atoms with Gasteiger partial charge in [-0.25, -0.2) is 13.9 Å². The minimum atomic E-state index is -4.57. The zero-order valence-electron chi connectivity index (χ0n) is 11.8. The van der Waals surface area contributed by atoms with Gasteiger partial charge in [0.25, 0.3) is 0 Å². The quantitative estimate of drug-likeness (QED) is 0.654. The van der Waals surface area contributed by atoms with E-state index in [2.05, 4.69) is 10.1 Å². The molecule has 1 saturated carbocycles. The van der Waals surface area contributed by atoms with E-state index >= 15 is 0 Å². The second-order valence-corrected chi connectivity index (χ2v) is 5.67. The molecule has 0 spiro atoms. The van der Waals surface area contributed by atoms with Gasteiger partial charge in [-0.3, -0.25) is 0 Å². The summed E-state index contributed by atoms with van der Waals surface area (Å²) in [4.78, 5) is 4.11. The van der Waals surface area contributed by atoms with Crippen LogP contribution in [0.4, 0.5) is 17.6 Å². The van der Waals surface area contributed by atoms with Crippen LogP contribution in [0.2, 0.25) is 0 Å². The Morgan fingerprint density at radius 2 is 1.87 bits per heavy atom. The third kappa shape index (κ3) is 2.46.